The SMILES string of the molecule is COc1cc(N2C[C@H]3CC[C@@H](C2)C3Nc2nc(Oc3ccc(F)c(Cl)c3)n(CC3CC(F)(F)C3)n2)ccn1. The summed E-state index contributed by atoms with van der Waals surface area (Å²) in [7, 11) is 1.61. The minimum absolute atomic E-state index is 0.0827. The number of ether oxygens (including phenoxy) is 2. The fourth-order valence-corrected chi connectivity index (χ4v) is 6.08. The number of nitrogens with zero attached hydrogens (tertiary/aromatic N) is 5. The van der Waals surface area contributed by atoms with Crippen molar-refractivity contribution in [3.63, 3.8) is 0 Å². The van der Waals surface area contributed by atoms with Crippen LogP contribution in [-0.4, -0.2) is 51.9 Å². The molecule has 0 spiro atoms. The molecule has 12 heteroatoms. The monoisotopic (exact) mass is 548 g/mol. The lowest BCUT2D eigenvalue weighted by Gasteiger charge is -2.39. The zero-order chi connectivity index (χ0) is 26.4. The van der Waals surface area contributed by atoms with E-state index in [9.17, 15) is 13.2 Å². The number of hydrogen-bond donors (Lipinski definition) is 1. The molecule has 2 bridgehead atoms. The Bertz CT molecular complexity index is 1300. The number of hydrogen-bond acceptors (Lipinski definition) is 7. The van der Waals surface area contributed by atoms with Gasteiger partial charge in [0.2, 0.25) is 17.8 Å². The lowest BCUT2D eigenvalue weighted by molar-refractivity contribution is -0.115. The van der Waals surface area contributed by atoms with Crippen molar-refractivity contribution in [2.45, 2.75) is 44.2 Å². The maximum Gasteiger partial charge on any atom is 0.322 e. The van der Waals surface area contributed by atoms with Crippen molar-refractivity contribution < 1.29 is 22.6 Å². The minimum Gasteiger partial charge on any atom is -0.481 e. The number of alkyl halides is 2. The Morgan fingerprint density at radius 3 is 2.58 bits per heavy atom. The van der Waals surface area contributed by atoms with Crippen LogP contribution in [-0.2, 0) is 6.54 Å². The van der Waals surface area contributed by atoms with Crippen LogP contribution in [0.3, 0.4) is 0 Å². The quantitative estimate of drug-likeness (QED) is 0.390. The van der Waals surface area contributed by atoms with E-state index in [1.807, 2.05) is 12.1 Å². The molecule has 2 saturated carbocycles. The first kappa shape index (κ1) is 25.1. The van der Waals surface area contributed by atoms with Gasteiger partial charge in [-0.1, -0.05) is 11.6 Å². The second-order valence-corrected chi connectivity index (χ2v) is 10.8. The first-order valence-electron chi connectivity index (χ1n) is 12.7. The van der Waals surface area contributed by atoms with Gasteiger partial charge in [-0.05, 0) is 48.8 Å². The predicted octanol–water partition coefficient (Wildman–Crippen LogP) is 5.64. The predicted molar refractivity (Wildman–Crippen MR) is 136 cm³/mol. The van der Waals surface area contributed by atoms with Crippen LogP contribution in [0.5, 0.6) is 17.6 Å². The van der Waals surface area contributed by atoms with E-state index in [1.54, 1.807) is 13.3 Å². The number of pyridine rings is 1. The Kier molecular flexibility index (Phi) is 6.49. The molecule has 202 valence electrons. The van der Waals surface area contributed by atoms with E-state index in [1.165, 1.54) is 22.9 Å². The van der Waals surface area contributed by atoms with Gasteiger partial charge in [-0.25, -0.2) is 22.8 Å². The Labute approximate surface area is 223 Å². The number of rotatable bonds is 8. The summed E-state index contributed by atoms with van der Waals surface area (Å²) in [5.41, 5.74) is 1.08. The zero-order valence-electron chi connectivity index (χ0n) is 20.8. The largest absolute Gasteiger partial charge is 0.481 e. The highest BCUT2D eigenvalue weighted by molar-refractivity contribution is 6.30. The van der Waals surface area contributed by atoms with E-state index in [2.05, 4.69) is 25.3 Å². The number of aromatic nitrogens is 4. The molecule has 1 unspecified atom stereocenters. The standard InChI is InChI=1S/C26H28ClF3N6O2/c1-37-22-8-18(6-7-31-22)35-13-16-2-3-17(14-35)23(16)32-24-33-25(38-19-4-5-21(28)20(27)9-19)36(34-24)12-15-10-26(29,30)11-15/h4-9,15-17,23H,2-3,10-14H2,1H3,(H,32,34)/t16-,17+,23?. The second-order valence-electron chi connectivity index (χ2n) is 10.4. The van der Waals surface area contributed by atoms with Crippen molar-refractivity contribution in [3.8, 4) is 17.6 Å². The van der Waals surface area contributed by atoms with Gasteiger partial charge in [0.1, 0.15) is 11.6 Å². The van der Waals surface area contributed by atoms with Crippen molar-refractivity contribution in [2.24, 2.45) is 17.8 Å². The van der Waals surface area contributed by atoms with Gasteiger partial charge in [0.15, 0.2) is 0 Å². The molecule has 38 heavy (non-hydrogen) atoms. The number of methoxy groups -OCH3 is 1. The lowest BCUT2D eigenvalue weighted by atomic mass is 9.81. The van der Waals surface area contributed by atoms with Gasteiger partial charge >= 0.3 is 6.01 Å². The molecule has 2 aromatic heterocycles. The number of halogens is 4. The maximum absolute atomic E-state index is 13.6. The summed E-state index contributed by atoms with van der Waals surface area (Å²) in [4.78, 5) is 11.1. The third-order valence-electron chi connectivity index (χ3n) is 7.77. The van der Waals surface area contributed by atoms with Crippen molar-refractivity contribution in [1.82, 2.24) is 19.7 Å². The summed E-state index contributed by atoms with van der Waals surface area (Å²) in [6.45, 7) is 2.00. The summed E-state index contributed by atoms with van der Waals surface area (Å²) in [6.07, 6.45) is 3.52. The number of benzene rings is 1. The molecule has 3 heterocycles. The summed E-state index contributed by atoms with van der Waals surface area (Å²) in [5, 5.41) is 8.01. The van der Waals surface area contributed by atoms with Gasteiger partial charge in [0.05, 0.1) is 12.1 Å². The average molecular weight is 549 g/mol. The smallest absolute Gasteiger partial charge is 0.322 e. The molecule has 3 atom stereocenters. The van der Waals surface area contributed by atoms with Crippen molar-refractivity contribution in [3.05, 3.63) is 47.4 Å². The molecule has 3 aromatic rings. The van der Waals surface area contributed by atoms with Crippen LogP contribution in [0.4, 0.5) is 24.8 Å². The fourth-order valence-electron chi connectivity index (χ4n) is 5.91. The van der Waals surface area contributed by atoms with Crippen LogP contribution in [0.15, 0.2) is 36.5 Å². The normalized spacial score (nSPS) is 24.2. The van der Waals surface area contributed by atoms with Crippen molar-refractivity contribution in [1.29, 1.82) is 0 Å². The van der Waals surface area contributed by atoms with E-state index >= 15 is 0 Å². The van der Waals surface area contributed by atoms with Crippen LogP contribution >= 0.6 is 11.6 Å². The molecule has 1 saturated heterocycles. The molecule has 1 aromatic carbocycles. The molecular formula is C26H28ClF3N6O2. The van der Waals surface area contributed by atoms with Gasteiger partial charge in [-0.3, -0.25) is 0 Å². The zero-order valence-corrected chi connectivity index (χ0v) is 21.5. The van der Waals surface area contributed by atoms with Crippen molar-refractivity contribution >= 4 is 23.2 Å². The van der Waals surface area contributed by atoms with E-state index < -0.39 is 11.7 Å². The summed E-state index contributed by atoms with van der Waals surface area (Å²) in [5.74, 6) is -1.40. The summed E-state index contributed by atoms with van der Waals surface area (Å²) < 4.78 is 53.2. The highest BCUT2D eigenvalue weighted by atomic mass is 35.5. The molecule has 2 aliphatic carbocycles. The van der Waals surface area contributed by atoms with Gasteiger partial charge in [-0.15, -0.1) is 5.10 Å². The van der Waals surface area contributed by atoms with Crippen LogP contribution in [0, 0.1) is 23.6 Å². The van der Waals surface area contributed by atoms with E-state index in [0.29, 0.717) is 23.7 Å². The van der Waals surface area contributed by atoms with Crippen molar-refractivity contribution in [2.75, 3.05) is 30.4 Å². The highest BCUT2D eigenvalue weighted by Gasteiger charge is 2.46. The lowest BCUT2D eigenvalue weighted by Crippen LogP contribution is -2.48. The molecule has 1 aliphatic heterocycles. The van der Waals surface area contributed by atoms with E-state index in [-0.39, 0.29) is 48.1 Å². The van der Waals surface area contributed by atoms with Gasteiger partial charge in [-0.2, -0.15) is 4.98 Å². The molecule has 0 radical (unpaired) electrons. The number of piperidine rings is 1. The molecule has 0 amide bonds. The molecule has 8 nitrogen and oxygen atoms in total. The van der Waals surface area contributed by atoms with Crippen LogP contribution in [0.2, 0.25) is 5.02 Å². The van der Waals surface area contributed by atoms with Crippen LogP contribution in [0.1, 0.15) is 25.7 Å². The number of anilines is 2. The summed E-state index contributed by atoms with van der Waals surface area (Å²) >= 11 is 5.91. The first-order valence-corrected chi connectivity index (χ1v) is 13.1. The Balaban J connectivity index is 1.19. The van der Waals surface area contributed by atoms with Crippen LogP contribution in [0.25, 0.3) is 0 Å². The summed E-state index contributed by atoms with van der Waals surface area (Å²) in [6, 6.07) is 8.26. The Morgan fingerprint density at radius 2 is 1.89 bits per heavy atom. The third kappa shape index (κ3) is 5.08. The molecule has 3 fully saturated rings. The van der Waals surface area contributed by atoms with Gasteiger partial charge in [0.25, 0.3) is 0 Å². The van der Waals surface area contributed by atoms with Gasteiger partial charge in [0, 0.05) is 62.5 Å². The molecule has 3 aliphatic rings. The maximum atomic E-state index is 13.6. The Hall–Kier alpha value is -3.21. The minimum atomic E-state index is -2.64. The number of nitrogens with one attached hydrogen (secondary N) is 1. The van der Waals surface area contributed by atoms with Gasteiger partial charge < -0.3 is 19.7 Å². The van der Waals surface area contributed by atoms with E-state index in [0.717, 1.165) is 31.6 Å². The Morgan fingerprint density at radius 1 is 1.13 bits per heavy atom. The number of fused-ring (bicyclic) bond motifs is 2. The second kappa shape index (κ2) is 9.83. The molecule has 6 rings (SSSR count). The molecule has 1 N–H and O–H groups in total. The average Bonchev–Trinajstić information content (AvgIpc) is 3.34. The first-order chi connectivity index (χ1) is 18.3. The fraction of sp³-hybridized carbons (Fsp3) is 0.500. The third-order valence-corrected chi connectivity index (χ3v) is 8.06. The molecular weight excluding hydrogens is 521 g/mol. The topological polar surface area (TPSA) is 77.3 Å². The highest BCUT2D eigenvalue weighted by Crippen LogP contribution is 2.44. The van der Waals surface area contributed by atoms with E-state index in [4.69, 9.17) is 21.1 Å². The van der Waals surface area contributed by atoms with Crippen LogP contribution < -0.4 is 19.7 Å².